The number of pyridine rings is 2. The highest BCUT2D eigenvalue weighted by atomic mass is 32.2. The molecule has 1 aliphatic rings. The summed E-state index contributed by atoms with van der Waals surface area (Å²) < 4.78 is 73.3. The van der Waals surface area contributed by atoms with Crippen LogP contribution in [0.2, 0.25) is 0 Å². The fourth-order valence-corrected chi connectivity index (χ4v) is 5.34. The minimum Gasteiger partial charge on any atom is -0.478 e. The van der Waals surface area contributed by atoms with Crippen LogP contribution < -0.4 is 14.8 Å². The predicted octanol–water partition coefficient (Wildman–Crippen LogP) is 3.80. The summed E-state index contributed by atoms with van der Waals surface area (Å²) in [6.07, 6.45) is 0.378. The van der Waals surface area contributed by atoms with E-state index in [0.29, 0.717) is 23.9 Å². The van der Waals surface area contributed by atoms with Crippen LogP contribution in [-0.4, -0.2) is 58.8 Å². The third kappa shape index (κ3) is 6.14. The van der Waals surface area contributed by atoms with Gasteiger partial charge in [0.15, 0.2) is 18.1 Å². The van der Waals surface area contributed by atoms with Gasteiger partial charge in [-0.15, -0.1) is 0 Å². The first-order valence-corrected chi connectivity index (χ1v) is 12.7. The van der Waals surface area contributed by atoms with Gasteiger partial charge in [-0.1, -0.05) is 12.7 Å². The largest absolute Gasteiger partial charge is 0.478 e. The Morgan fingerprint density at radius 2 is 2.00 bits per heavy atom. The zero-order valence-corrected chi connectivity index (χ0v) is 20.0. The molecule has 0 unspecified atom stereocenters. The number of rotatable bonds is 7. The normalized spacial score (nSPS) is 16.9. The van der Waals surface area contributed by atoms with Crippen molar-refractivity contribution < 1.29 is 35.9 Å². The van der Waals surface area contributed by atoms with E-state index in [1.54, 1.807) is 6.92 Å². The molecule has 3 aromatic rings. The maximum absolute atomic E-state index is 12.8. The van der Waals surface area contributed by atoms with E-state index in [4.69, 9.17) is 9.47 Å². The van der Waals surface area contributed by atoms with E-state index in [1.165, 1.54) is 47.3 Å². The lowest BCUT2D eigenvalue weighted by Gasteiger charge is -2.34. The number of nitrogens with zero attached hydrogens (tertiary/aromatic N) is 3. The maximum Gasteiger partial charge on any atom is 0.422 e. The third-order valence-corrected chi connectivity index (χ3v) is 7.35. The summed E-state index contributed by atoms with van der Waals surface area (Å²) >= 11 is 0. The summed E-state index contributed by atoms with van der Waals surface area (Å²) in [4.78, 5) is 16.8. The molecule has 0 saturated carbocycles. The minimum atomic E-state index is -4.54. The predicted molar refractivity (Wildman–Crippen MR) is 125 cm³/mol. The van der Waals surface area contributed by atoms with Gasteiger partial charge in [-0.3, -0.25) is 4.79 Å². The summed E-state index contributed by atoms with van der Waals surface area (Å²) in [5.41, 5.74) is 0.382. The van der Waals surface area contributed by atoms with Crippen LogP contribution in [0.1, 0.15) is 35.8 Å². The van der Waals surface area contributed by atoms with Crippen LogP contribution in [-0.2, 0) is 9.84 Å². The Kier molecular flexibility index (Phi) is 6.69. The lowest BCUT2D eigenvalue weighted by molar-refractivity contribution is -0.153. The van der Waals surface area contributed by atoms with Crippen LogP contribution in [0.5, 0.6) is 17.4 Å². The first-order valence-electron chi connectivity index (χ1n) is 10.9. The Morgan fingerprint density at radius 1 is 1.28 bits per heavy atom. The molecule has 1 fully saturated rings. The number of carbonyl (C=O) groups excluding carboxylic acids is 1. The first-order chi connectivity index (χ1) is 16.8. The van der Waals surface area contributed by atoms with E-state index < -0.39 is 34.1 Å². The Morgan fingerprint density at radius 3 is 2.67 bits per heavy atom. The van der Waals surface area contributed by atoms with Gasteiger partial charge in [-0.2, -0.15) is 18.3 Å². The highest BCUT2D eigenvalue weighted by Crippen LogP contribution is 2.32. The van der Waals surface area contributed by atoms with Crippen molar-refractivity contribution in [2.45, 2.75) is 31.5 Å². The third-order valence-electron chi connectivity index (χ3n) is 5.69. The number of carbonyl (C=O) groups is 1. The molecule has 4 rings (SSSR count). The molecule has 0 aromatic carbocycles. The van der Waals surface area contributed by atoms with Gasteiger partial charge in [-0.05, 0) is 43.5 Å². The Balaban J connectivity index is 1.52. The lowest BCUT2D eigenvalue weighted by Crippen LogP contribution is -2.51. The molecular weight excluding hydrogens is 501 g/mol. The number of alkyl halides is 3. The molecule has 0 atom stereocenters. The molecule has 1 amide bonds. The number of fused-ring (bicyclic) bond motifs is 1. The fraction of sp³-hybridized carbons (Fsp3) is 0.348. The van der Waals surface area contributed by atoms with Gasteiger partial charge in [0.05, 0.1) is 17.0 Å². The standard InChI is InChI=1S/C23H23F3N4O5S/c1-3-15-10-19(34-14-23(24,25)26)21(27-13-15)35-17-4-7-30-16(11-17)12-18(29-30)20(31)28-22(2)5-8-36(32,33)9-6-22/h3-4,7,10-13H,1,5-6,8-9,14H2,2H3,(H,28,31). The molecule has 36 heavy (non-hydrogen) atoms. The van der Waals surface area contributed by atoms with Gasteiger partial charge in [0, 0.05) is 24.0 Å². The zero-order valence-electron chi connectivity index (χ0n) is 19.2. The second-order valence-corrected chi connectivity index (χ2v) is 11.0. The van der Waals surface area contributed by atoms with Crippen LogP contribution in [0.3, 0.4) is 0 Å². The first kappa shape index (κ1) is 25.5. The molecular formula is C23H23F3N4O5S. The molecule has 1 saturated heterocycles. The number of hydrogen-bond donors (Lipinski definition) is 1. The number of nitrogens with one attached hydrogen (secondary N) is 1. The van der Waals surface area contributed by atoms with Crippen LogP contribution >= 0.6 is 0 Å². The van der Waals surface area contributed by atoms with Gasteiger partial charge in [-0.25, -0.2) is 17.9 Å². The molecule has 0 bridgehead atoms. The number of aromatic nitrogens is 3. The lowest BCUT2D eigenvalue weighted by atomic mass is 9.94. The second-order valence-electron chi connectivity index (χ2n) is 8.71. The average molecular weight is 525 g/mol. The van der Waals surface area contributed by atoms with Crippen molar-refractivity contribution in [3.05, 3.63) is 54.5 Å². The minimum absolute atomic E-state index is 0.00608. The van der Waals surface area contributed by atoms with Gasteiger partial charge in [0.2, 0.25) is 0 Å². The van der Waals surface area contributed by atoms with Gasteiger partial charge < -0.3 is 14.8 Å². The summed E-state index contributed by atoms with van der Waals surface area (Å²) in [5.74, 6) is -0.590. The monoisotopic (exact) mass is 524 g/mol. The molecule has 13 heteroatoms. The number of amides is 1. The van der Waals surface area contributed by atoms with Crippen molar-refractivity contribution in [2.24, 2.45) is 0 Å². The van der Waals surface area contributed by atoms with Crippen molar-refractivity contribution in [2.75, 3.05) is 18.1 Å². The maximum atomic E-state index is 12.8. The van der Waals surface area contributed by atoms with Crippen LogP contribution in [0, 0.1) is 0 Å². The SMILES string of the molecule is C=Cc1cnc(Oc2ccn3nc(C(=O)NC4(C)CCS(=O)(=O)CC4)cc3c2)c(OCC(F)(F)F)c1. The van der Waals surface area contributed by atoms with Gasteiger partial charge in [0.1, 0.15) is 15.6 Å². The molecule has 0 radical (unpaired) electrons. The quantitative estimate of drug-likeness (QED) is 0.500. The van der Waals surface area contributed by atoms with E-state index in [-0.39, 0.29) is 34.6 Å². The summed E-state index contributed by atoms with van der Waals surface area (Å²) in [6.45, 7) is 3.84. The smallest absolute Gasteiger partial charge is 0.422 e. The molecule has 1 aliphatic heterocycles. The second kappa shape index (κ2) is 9.45. The van der Waals surface area contributed by atoms with Crippen molar-refractivity contribution in [3.63, 3.8) is 0 Å². The molecule has 0 aliphatic carbocycles. The highest BCUT2D eigenvalue weighted by molar-refractivity contribution is 7.91. The van der Waals surface area contributed by atoms with Crippen LogP contribution in [0.15, 0.2) is 43.2 Å². The number of hydrogen-bond acceptors (Lipinski definition) is 7. The van der Waals surface area contributed by atoms with Crippen molar-refractivity contribution in [3.8, 4) is 17.4 Å². The van der Waals surface area contributed by atoms with E-state index in [1.807, 2.05) is 0 Å². The van der Waals surface area contributed by atoms with Crippen LogP contribution in [0.25, 0.3) is 11.6 Å². The zero-order chi connectivity index (χ0) is 26.1. The van der Waals surface area contributed by atoms with E-state index in [9.17, 15) is 26.4 Å². The van der Waals surface area contributed by atoms with Gasteiger partial charge in [0.25, 0.3) is 11.8 Å². The van der Waals surface area contributed by atoms with E-state index in [2.05, 4.69) is 22.0 Å². The fourth-order valence-electron chi connectivity index (χ4n) is 3.61. The van der Waals surface area contributed by atoms with Crippen molar-refractivity contribution in [1.82, 2.24) is 19.9 Å². The summed E-state index contributed by atoms with van der Waals surface area (Å²) in [5, 5.41) is 7.11. The highest BCUT2D eigenvalue weighted by Gasteiger charge is 2.35. The molecule has 192 valence electrons. The van der Waals surface area contributed by atoms with Crippen molar-refractivity contribution >= 4 is 27.3 Å². The Labute approximate surface area is 204 Å². The van der Waals surface area contributed by atoms with Gasteiger partial charge >= 0.3 is 6.18 Å². The topological polar surface area (TPSA) is 112 Å². The Hall–Kier alpha value is -3.61. The van der Waals surface area contributed by atoms with E-state index >= 15 is 0 Å². The number of halogens is 3. The van der Waals surface area contributed by atoms with Crippen LogP contribution in [0.4, 0.5) is 13.2 Å². The summed E-state index contributed by atoms with van der Waals surface area (Å²) in [7, 11) is -3.08. The van der Waals surface area contributed by atoms with Crippen molar-refractivity contribution in [1.29, 1.82) is 0 Å². The molecule has 0 spiro atoms. The molecule has 4 heterocycles. The number of sulfone groups is 1. The summed E-state index contributed by atoms with van der Waals surface area (Å²) in [6, 6.07) is 5.89. The average Bonchev–Trinajstić information content (AvgIpc) is 3.24. The Bertz CT molecular complexity index is 1400. The molecule has 1 N–H and O–H groups in total. The molecule has 3 aromatic heterocycles. The number of ether oxygens (including phenoxy) is 2. The molecule has 9 nitrogen and oxygen atoms in total. The van der Waals surface area contributed by atoms with E-state index in [0.717, 1.165) is 0 Å².